The van der Waals surface area contributed by atoms with E-state index >= 15 is 0 Å². The van der Waals surface area contributed by atoms with Gasteiger partial charge < -0.3 is 10.5 Å². The Morgan fingerprint density at radius 3 is 2.29 bits per heavy atom. The highest BCUT2D eigenvalue weighted by Gasteiger charge is 2.19. The molecular weight excluding hydrogens is 350 g/mol. The van der Waals surface area contributed by atoms with Crippen LogP contribution in [0.5, 0.6) is 0 Å². The molecule has 0 aromatic heterocycles. The van der Waals surface area contributed by atoms with Gasteiger partial charge in [-0.3, -0.25) is 0 Å². The number of hydrogen-bond donors (Lipinski definition) is 1. The minimum absolute atomic E-state index is 0.0292. The Bertz CT molecular complexity index is 556. The van der Waals surface area contributed by atoms with E-state index in [1.165, 1.54) is 0 Å². The molecule has 112 valence electrons. The molecule has 0 heterocycles. The SMILES string of the molecule is CCC(N)C(OCc1ccc(Cl)cc1)c1ccc(Br)cc1. The van der Waals surface area contributed by atoms with Crippen LogP contribution in [0, 0.1) is 0 Å². The van der Waals surface area contributed by atoms with Gasteiger partial charge in [0.1, 0.15) is 0 Å². The van der Waals surface area contributed by atoms with Gasteiger partial charge in [-0.2, -0.15) is 0 Å². The third-order valence-electron chi connectivity index (χ3n) is 3.40. The normalized spacial score (nSPS) is 13.9. The number of benzene rings is 2. The van der Waals surface area contributed by atoms with Crippen LogP contribution in [0.1, 0.15) is 30.6 Å². The smallest absolute Gasteiger partial charge is 0.0980 e. The number of nitrogens with two attached hydrogens (primary N) is 1. The van der Waals surface area contributed by atoms with Crippen molar-refractivity contribution in [2.45, 2.75) is 32.1 Å². The van der Waals surface area contributed by atoms with E-state index in [9.17, 15) is 0 Å². The zero-order valence-corrected chi connectivity index (χ0v) is 14.3. The Hall–Kier alpha value is -0.870. The van der Waals surface area contributed by atoms with Gasteiger partial charge in [-0.15, -0.1) is 0 Å². The van der Waals surface area contributed by atoms with Gasteiger partial charge >= 0.3 is 0 Å². The molecule has 0 bridgehead atoms. The lowest BCUT2D eigenvalue weighted by atomic mass is 10.0. The molecule has 2 atom stereocenters. The quantitative estimate of drug-likeness (QED) is 0.770. The number of halogens is 2. The van der Waals surface area contributed by atoms with Crippen molar-refractivity contribution in [1.29, 1.82) is 0 Å². The second-order valence-corrected chi connectivity index (χ2v) is 6.33. The third kappa shape index (κ3) is 4.82. The minimum Gasteiger partial charge on any atom is -0.367 e. The first-order valence-corrected chi connectivity index (χ1v) is 8.14. The first-order valence-electron chi connectivity index (χ1n) is 6.97. The molecule has 0 saturated heterocycles. The largest absolute Gasteiger partial charge is 0.367 e. The maximum absolute atomic E-state index is 6.22. The highest BCUT2D eigenvalue weighted by atomic mass is 79.9. The van der Waals surface area contributed by atoms with Crippen molar-refractivity contribution in [2.24, 2.45) is 5.73 Å². The maximum Gasteiger partial charge on any atom is 0.0980 e. The van der Waals surface area contributed by atoms with E-state index in [1.54, 1.807) is 0 Å². The molecule has 0 aliphatic rings. The summed E-state index contributed by atoms with van der Waals surface area (Å²) in [7, 11) is 0. The summed E-state index contributed by atoms with van der Waals surface area (Å²) >= 11 is 9.34. The van der Waals surface area contributed by atoms with Crippen LogP contribution in [0.3, 0.4) is 0 Å². The predicted molar refractivity (Wildman–Crippen MR) is 91.4 cm³/mol. The molecule has 4 heteroatoms. The Balaban J connectivity index is 2.09. The van der Waals surface area contributed by atoms with E-state index in [1.807, 2.05) is 48.5 Å². The third-order valence-corrected chi connectivity index (χ3v) is 4.18. The summed E-state index contributed by atoms with van der Waals surface area (Å²) < 4.78 is 7.11. The maximum atomic E-state index is 6.22. The fourth-order valence-electron chi connectivity index (χ4n) is 2.10. The molecule has 0 radical (unpaired) electrons. The van der Waals surface area contributed by atoms with E-state index in [-0.39, 0.29) is 12.1 Å². The zero-order valence-electron chi connectivity index (χ0n) is 11.9. The molecule has 0 fully saturated rings. The van der Waals surface area contributed by atoms with E-state index in [2.05, 4.69) is 22.9 Å². The summed E-state index contributed by atoms with van der Waals surface area (Å²) in [6.07, 6.45) is 0.750. The molecule has 2 N–H and O–H groups in total. The molecule has 2 nitrogen and oxygen atoms in total. The highest BCUT2D eigenvalue weighted by molar-refractivity contribution is 9.10. The van der Waals surface area contributed by atoms with Crippen LogP contribution in [0.15, 0.2) is 53.0 Å². The lowest BCUT2D eigenvalue weighted by molar-refractivity contribution is 0.0212. The van der Waals surface area contributed by atoms with Crippen molar-refractivity contribution in [3.63, 3.8) is 0 Å². The van der Waals surface area contributed by atoms with E-state index in [0.717, 1.165) is 27.0 Å². The summed E-state index contributed by atoms with van der Waals surface area (Å²) in [5.41, 5.74) is 8.40. The first-order chi connectivity index (χ1) is 10.1. The Labute approximate surface area is 139 Å². The second-order valence-electron chi connectivity index (χ2n) is 4.98. The van der Waals surface area contributed by atoms with Gasteiger partial charge in [-0.1, -0.05) is 58.7 Å². The molecule has 0 aliphatic heterocycles. The highest BCUT2D eigenvalue weighted by Crippen LogP contribution is 2.25. The van der Waals surface area contributed by atoms with Crippen molar-refractivity contribution in [3.8, 4) is 0 Å². The van der Waals surface area contributed by atoms with Crippen molar-refractivity contribution in [1.82, 2.24) is 0 Å². The van der Waals surface area contributed by atoms with Gasteiger partial charge in [0, 0.05) is 15.5 Å². The Morgan fingerprint density at radius 2 is 1.71 bits per heavy atom. The monoisotopic (exact) mass is 367 g/mol. The minimum atomic E-state index is -0.112. The fraction of sp³-hybridized carbons (Fsp3) is 0.294. The van der Waals surface area contributed by atoms with Crippen LogP contribution in [0.4, 0.5) is 0 Å². The van der Waals surface area contributed by atoms with Crippen molar-refractivity contribution >= 4 is 27.5 Å². The molecule has 2 aromatic rings. The number of rotatable bonds is 6. The standard InChI is InChI=1S/C17H19BrClNO/c1-2-16(20)17(13-5-7-14(18)8-6-13)21-11-12-3-9-15(19)10-4-12/h3-10,16-17H,2,11,20H2,1H3. The van der Waals surface area contributed by atoms with Crippen molar-refractivity contribution in [2.75, 3.05) is 0 Å². The summed E-state index contributed by atoms with van der Waals surface area (Å²) in [6, 6.07) is 15.8. The van der Waals surface area contributed by atoms with Crippen LogP contribution in [-0.2, 0) is 11.3 Å². The summed E-state index contributed by atoms with van der Waals surface area (Å²) in [5.74, 6) is 0. The molecule has 2 unspecified atom stereocenters. The van der Waals surface area contributed by atoms with Gasteiger partial charge in [-0.25, -0.2) is 0 Å². The van der Waals surface area contributed by atoms with Crippen LogP contribution in [0.2, 0.25) is 5.02 Å². The molecule has 2 aromatic carbocycles. The topological polar surface area (TPSA) is 35.2 Å². The molecule has 2 rings (SSSR count). The molecule has 0 aliphatic carbocycles. The average Bonchev–Trinajstić information content (AvgIpc) is 2.50. The van der Waals surface area contributed by atoms with E-state index in [0.29, 0.717) is 6.61 Å². The fourth-order valence-corrected chi connectivity index (χ4v) is 2.49. The molecule has 0 amide bonds. The van der Waals surface area contributed by atoms with E-state index < -0.39 is 0 Å². The summed E-state index contributed by atoms with van der Waals surface area (Å²) in [6.45, 7) is 2.59. The van der Waals surface area contributed by atoms with Gasteiger partial charge in [0.05, 0.1) is 12.7 Å². The predicted octanol–water partition coefficient (Wildman–Crippen LogP) is 5.10. The molecule has 21 heavy (non-hydrogen) atoms. The molecular formula is C17H19BrClNO. The number of hydrogen-bond acceptors (Lipinski definition) is 2. The number of ether oxygens (including phenoxy) is 1. The average molecular weight is 369 g/mol. The first kappa shape index (κ1) is 16.5. The summed E-state index contributed by atoms with van der Waals surface area (Å²) in [5, 5.41) is 0.730. The zero-order chi connectivity index (χ0) is 15.2. The van der Waals surface area contributed by atoms with Gasteiger partial charge in [0.15, 0.2) is 0 Å². The van der Waals surface area contributed by atoms with Gasteiger partial charge in [-0.05, 0) is 41.8 Å². The summed E-state index contributed by atoms with van der Waals surface area (Å²) in [4.78, 5) is 0. The Morgan fingerprint density at radius 1 is 1.10 bits per heavy atom. The van der Waals surface area contributed by atoms with Crippen LogP contribution < -0.4 is 5.73 Å². The van der Waals surface area contributed by atoms with Crippen molar-refractivity contribution < 1.29 is 4.74 Å². The lowest BCUT2D eigenvalue weighted by Crippen LogP contribution is -2.29. The molecule has 0 saturated carbocycles. The lowest BCUT2D eigenvalue weighted by Gasteiger charge is -2.24. The van der Waals surface area contributed by atoms with Gasteiger partial charge in [0.2, 0.25) is 0 Å². The molecule has 0 spiro atoms. The Kier molecular flexibility index (Phi) is 6.24. The van der Waals surface area contributed by atoms with E-state index in [4.69, 9.17) is 22.1 Å². The second kappa shape index (κ2) is 7.95. The van der Waals surface area contributed by atoms with Crippen LogP contribution >= 0.6 is 27.5 Å². The van der Waals surface area contributed by atoms with Crippen LogP contribution in [0.25, 0.3) is 0 Å². The van der Waals surface area contributed by atoms with Gasteiger partial charge in [0.25, 0.3) is 0 Å². The van der Waals surface area contributed by atoms with Crippen molar-refractivity contribution in [3.05, 3.63) is 69.2 Å². The van der Waals surface area contributed by atoms with Crippen LogP contribution in [-0.4, -0.2) is 6.04 Å².